The first kappa shape index (κ1) is 10.1. The minimum absolute atomic E-state index is 0.482. The Kier molecular flexibility index (Phi) is 2.76. The number of nitrogens with zero attached hydrogens (tertiary/aromatic N) is 1. The summed E-state index contributed by atoms with van der Waals surface area (Å²) in [5.41, 5.74) is 1.65. The van der Waals surface area contributed by atoms with Gasteiger partial charge in [0.05, 0.1) is 18.2 Å². The normalized spacial score (nSPS) is 9.38. The lowest BCUT2D eigenvalue weighted by atomic mass is 10.0. The maximum absolute atomic E-state index is 9.00. The molecule has 0 unspecified atom stereocenters. The van der Waals surface area contributed by atoms with Crippen LogP contribution in [-0.2, 0) is 0 Å². The Morgan fingerprint density at radius 2 is 1.88 bits per heavy atom. The zero-order chi connectivity index (χ0) is 11.4. The molecule has 0 aliphatic heterocycles. The van der Waals surface area contributed by atoms with Gasteiger partial charge in [-0.3, -0.25) is 0 Å². The highest BCUT2D eigenvalue weighted by atomic mass is 14.9. The van der Waals surface area contributed by atoms with Crippen LogP contribution in [0.3, 0.4) is 0 Å². The van der Waals surface area contributed by atoms with E-state index in [1.807, 2.05) is 30.3 Å². The van der Waals surface area contributed by atoms with Crippen LogP contribution in [0, 0.1) is 23.7 Å². The molecule has 0 aromatic heterocycles. The number of anilines is 1. The monoisotopic (exact) mass is 206 g/mol. The van der Waals surface area contributed by atoms with Crippen molar-refractivity contribution in [3.8, 4) is 18.4 Å². The third kappa shape index (κ3) is 1.69. The lowest BCUT2D eigenvalue weighted by Crippen LogP contribution is -1.99. The van der Waals surface area contributed by atoms with Crippen molar-refractivity contribution in [2.24, 2.45) is 0 Å². The van der Waals surface area contributed by atoms with Crippen LogP contribution in [0.5, 0.6) is 0 Å². The molecule has 0 aliphatic rings. The van der Waals surface area contributed by atoms with Crippen molar-refractivity contribution in [3.05, 3.63) is 42.0 Å². The molecule has 0 radical (unpaired) electrons. The molecule has 0 aliphatic carbocycles. The zero-order valence-electron chi connectivity index (χ0n) is 8.70. The van der Waals surface area contributed by atoms with Gasteiger partial charge in [-0.05, 0) is 12.1 Å². The Morgan fingerprint density at radius 1 is 1.12 bits per heavy atom. The molecule has 1 N–H and O–H groups in total. The minimum Gasteiger partial charge on any atom is -0.374 e. The summed E-state index contributed by atoms with van der Waals surface area (Å²) in [7, 11) is 0. The van der Waals surface area contributed by atoms with Crippen molar-refractivity contribution >= 4 is 16.5 Å². The lowest BCUT2D eigenvalue weighted by molar-refractivity contribution is 1.39. The largest absolute Gasteiger partial charge is 0.374 e. The first-order valence-corrected chi connectivity index (χ1v) is 4.96. The summed E-state index contributed by atoms with van der Waals surface area (Å²) in [4.78, 5) is 0. The van der Waals surface area contributed by atoms with E-state index in [0.717, 1.165) is 16.5 Å². The van der Waals surface area contributed by atoms with Crippen molar-refractivity contribution in [3.63, 3.8) is 0 Å². The second kappa shape index (κ2) is 4.38. The highest BCUT2D eigenvalue weighted by Gasteiger charge is 2.03. The van der Waals surface area contributed by atoms with Gasteiger partial charge in [0.1, 0.15) is 0 Å². The predicted molar refractivity (Wildman–Crippen MR) is 66.0 cm³/mol. The Labute approximate surface area is 94.5 Å². The number of nitrogens with one attached hydrogen (secondary N) is 1. The molecule has 0 atom stereocenters. The Bertz CT molecular complexity index is 600. The summed E-state index contributed by atoms with van der Waals surface area (Å²) >= 11 is 0. The fraction of sp³-hybridized carbons (Fsp3) is 0.0714. The fourth-order valence-electron chi connectivity index (χ4n) is 1.70. The molecule has 0 saturated heterocycles. The van der Waals surface area contributed by atoms with E-state index in [1.54, 1.807) is 6.07 Å². The summed E-state index contributed by atoms with van der Waals surface area (Å²) in [6.45, 7) is 0.482. The third-order valence-electron chi connectivity index (χ3n) is 2.43. The van der Waals surface area contributed by atoms with Gasteiger partial charge < -0.3 is 5.32 Å². The topological polar surface area (TPSA) is 35.8 Å². The average molecular weight is 206 g/mol. The molecule has 0 fully saturated rings. The molecule has 2 heteroatoms. The molecule has 2 aromatic rings. The van der Waals surface area contributed by atoms with Crippen molar-refractivity contribution in [1.29, 1.82) is 5.26 Å². The maximum Gasteiger partial charge on any atom is 0.0998 e. The van der Waals surface area contributed by atoms with Crippen LogP contribution in [-0.4, -0.2) is 6.54 Å². The Hall–Kier alpha value is -2.45. The van der Waals surface area contributed by atoms with E-state index in [0.29, 0.717) is 12.1 Å². The van der Waals surface area contributed by atoms with Crippen molar-refractivity contribution in [1.82, 2.24) is 0 Å². The second-order valence-corrected chi connectivity index (χ2v) is 3.38. The van der Waals surface area contributed by atoms with E-state index in [9.17, 15) is 0 Å². The van der Waals surface area contributed by atoms with Crippen LogP contribution >= 0.6 is 0 Å². The Balaban J connectivity index is 2.62. The summed E-state index contributed by atoms with van der Waals surface area (Å²) in [6.07, 6.45) is 5.21. The first-order valence-electron chi connectivity index (χ1n) is 4.96. The maximum atomic E-state index is 9.00. The molecule has 0 bridgehead atoms. The van der Waals surface area contributed by atoms with Crippen LogP contribution in [0.15, 0.2) is 36.4 Å². The Morgan fingerprint density at radius 3 is 2.56 bits per heavy atom. The van der Waals surface area contributed by atoms with Gasteiger partial charge in [-0.2, -0.15) is 5.26 Å². The quantitative estimate of drug-likeness (QED) is 0.767. The summed E-state index contributed by atoms with van der Waals surface area (Å²) in [6, 6.07) is 13.7. The number of rotatable bonds is 2. The SMILES string of the molecule is C#CCNc1ccc(C#N)c2ccccc12. The number of hydrogen-bond acceptors (Lipinski definition) is 2. The molecule has 2 rings (SSSR count). The van der Waals surface area contributed by atoms with E-state index in [4.69, 9.17) is 11.7 Å². The number of nitriles is 1. The third-order valence-corrected chi connectivity index (χ3v) is 2.43. The van der Waals surface area contributed by atoms with Gasteiger partial charge in [0, 0.05) is 16.5 Å². The van der Waals surface area contributed by atoms with E-state index in [2.05, 4.69) is 17.3 Å². The van der Waals surface area contributed by atoms with E-state index in [-0.39, 0.29) is 0 Å². The average Bonchev–Trinajstić information content (AvgIpc) is 2.36. The van der Waals surface area contributed by atoms with Crippen LogP contribution in [0.25, 0.3) is 10.8 Å². The zero-order valence-corrected chi connectivity index (χ0v) is 8.70. The van der Waals surface area contributed by atoms with Crippen LogP contribution in [0.2, 0.25) is 0 Å². The molecule has 0 spiro atoms. The van der Waals surface area contributed by atoms with Crippen LogP contribution < -0.4 is 5.32 Å². The van der Waals surface area contributed by atoms with E-state index < -0.39 is 0 Å². The minimum atomic E-state index is 0.482. The molecule has 16 heavy (non-hydrogen) atoms. The molecule has 0 amide bonds. The molecule has 2 aromatic carbocycles. The number of benzene rings is 2. The second-order valence-electron chi connectivity index (χ2n) is 3.38. The van der Waals surface area contributed by atoms with Gasteiger partial charge in [-0.25, -0.2) is 0 Å². The van der Waals surface area contributed by atoms with Gasteiger partial charge in [0.15, 0.2) is 0 Å². The lowest BCUT2D eigenvalue weighted by Gasteiger charge is -2.08. The molecular weight excluding hydrogens is 196 g/mol. The van der Waals surface area contributed by atoms with E-state index in [1.165, 1.54) is 0 Å². The fourth-order valence-corrected chi connectivity index (χ4v) is 1.70. The van der Waals surface area contributed by atoms with Crippen molar-refractivity contribution in [2.75, 3.05) is 11.9 Å². The highest BCUT2D eigenvalue weighted by Crippen LogP contribution is 2.25. The predicted octanol–water partition coefficient (Wildman–Crippen LogP) is 2.76. The van der Waals surface area contributed by atoms with Gasteiger partial charge in [-0.1, -0.05) is 30.2 Å². The number of hydrogen-bond donors (Lipinski definition) is 1. The number of terminal acetylenes is 1. The number of fused-ring (bicyclic) bond motifs is 1. The van der Waals surface area contributed by atoms with E-state index >= 15 is 0 Å². The van der Waals surface area contributed by atoms with Crippen molar-refractivity contribution < 1.29 is 0 Å². The summed E-state index contributed by atoms with van der Waals surface area (Å²) in [5, 5.41) is 14.1. The standard InChI is InChI=1S/C14H10N2/c1-2-9-16-14-8-7-11(10-15)12-5-3-4-6-13(12)14/h1,3-8,16H,9H2. The molecule has 0 saturated carbocycles. The van der Waals surface area contributed by atoms with Gasteiger partial charge in [-0.15, -0.1) is 6.42 Å². The smallest absolute Gasteiger partial charge is 0.0998 e. The van der Waals surface area contributed by atoms with Crippen LogP contribution in [0.4, 0.5) is 5.69 Å². The van der Waals surface area contributed by atoms with Crippen LogP contribution in [0.1, 0.15) is 5.56 Å². The summed E-state index contributed by atoms with van der Waals surface area (Å²) in [5.74, 6) is 2.53. The molecule has 0 heterocycles. The van der Waals surface area contributed by atoms with Crippen molar-refractivity contribution in [2.45, 2.75) is 0 Å². The van der Waals surface area contributed by atoms with Gasteiger partial charge in [0.25, 0.3) is 0 Å². The first-order chi connectivity index (χ1) is 7.86. The summed E-state index contributed by atoms with van der Waals surface area (Å²) < 4.78 is 0. The molecule has 2 nitrogen and oxygen atoms in total. The molecular formula is C14H10N2. The molecule has 76 valence electrons. The highest BCUT2D eigenvalue weighted by molar-refractivity contribution is 5.97. The van der Waals surface area contributed by atoms with Gasteiger partial charge in [0.2, 0.25) is 0 Å². The van der Waals surface area contributed by atoms with Gasteiger partial charge >= 0.3 is 0 Å².